The van der Waals surface area contributed by atoms with Crippen LogP contribution in [0.4, 0.5) is 0 Å². The van der Waals surface area contributed by atoms with Crippen molar-refractivity contribution in [1.29, 1.82) is 0 Å². The SMILES string of the molecule is O=C(O)c1cccc2c1Oc1c(cccc1C(=O)O)C2. The lowest BCUT2D eigenvalue weighted by Crippen LogP contribution is -2.11. The Balaban J connectivity index is 2.18. The van der Waals surface area contributed by atoms with E-state index in [9.17, 15) is 19.8 Å². The van der Waals surface area contributed by atoms with Gasteiger partial charge in [-0.1, -0.05) is 24.3 Å². The van der Waals surface area contributed by atoms with Gasteiger partial charge in [-0.2, -0.15) is 0 Å². The van der Waals surface area contributed by atoms with Crippen molar-refractivity contribution in [2.24, 2.45) is 0 Å². The first-order valence-electron chi connectivity index (χ1n) is 5.96. The van der Waals surface area contributed by atoms with E-state index in [-0.39, 0.29) is 22.6 Å². The Morgan fingerprint density at radius 1 is 0.850 bits per heavy atom. The fourth-order valence-corrected chi connectivity index (χ4v) is 2.33. The topological polar surface area (TPSA) is 83.8 Å². The van der Waals surface area contributed by atoms with Crippen LogP contribution in [0.15, 0.2) is 36.4 Å². The van der Waals surface area contributed by atoms with E-state index in [1.165, 1.54) is 12.1 Å². The van der Waals surface area contributed by atoms with Crippen LogP contribution in [0.25, 0.3) is 0 Å². The van der Waals surface area contributed by atoms with Gasteiger partial charge in [0.2, 0.25) is 0 Å². The summed E-state index contributed by atoms with van der Waals surface area (Å²) in [6.07, 6.45) is 0.451. The molecule has 2 N–H and O–H groups in total. The number of ether oxygens (including phenoxy) is 1. The van der Waals surface area contributed by atoms with E-state index in [1.54, 1.807) is 24.3 Å². The minimum atomic E-state index is -1.10. The molecule has 0 bridgehead atoms. The first-order chi connectivity index (χ1) is 9.58. The highest BCUT2D eigenvalue weighted by molar-refractivity contribution is 5.94. The molecule has 0 aromatic heterocycles. The Bertz CT molecular complexity index is 672. The second kappa shape index (κ2) is 4.38. The quantitative estimate of drug-likeness (QED) is 0.748. The van der Waals surface area contributed by atoms with E-state index >= 15 is 0 Å². The second-order valence-electron chi connectivity index (χ2n) is 4.48. The third-order valence-electron chi connectivity index (χ3n) is 3.24. The predicted molar refractivity (Wildman–Crippen MR) is 69.7 cm³/mol. The summed E-state index contributed by atoms with van der Waals surface area (Å²) < 4.78 is 5.60. The molecule has 5 heteroatoms. The van der Waals surface area contributed by atoms with Crippen molar-refractivity contribution in [1.82, 2.24) is 0 Å². The lowest BCUT2D eigenvalue weighted by atomic mass is 9.96. The van der Waals surface area contributed by atoms with Crippen molar-refractivity contribution in [2.75, 3.05) is 0 Å². The number of aromatic carboxylic acids is 2. The van der Waals surface area contributed by atoms with Gasteiger partial charge in [-0.25, -0.2) is 9.59 Å². The van der Waals surface area contributed by atoms with Crippen molar-refractivity contribution in [3.05, 3.63) is 58.7 Å². The molecule has 100 valence electrons. The average Bonchev–Trinajstić information content (AvgIpc) is 2.43. The van der Waals surface area contributed by atoms with Gasteiger partial charge in [0, 0.05) is 17.5 Å². The molecule has 0 aliphatic carbocycles. The Hall–Kier alpha value is -2.82. The lowest BCUT2D eigenvalue weighted by molar-refractivity contribution is 0.0687. The fourth-order valence-electron chi connectivity index (χ4n) is 2.33. The number of para-hydroxylation sites is 2. The highest BCUT2D eigenvalue weighted by Crippen LogP contribution is 2.40. The summed E-state index contributed by atoms with van der Waals surface area (Å²) in [6.45, 7) is 0. The summed E-state index contributed by atoms with van der Waals surface area (Å²) in [5.41, 5.74) is 1.54. The van der Waals surface area contributed by atoms with Gasteiger partial charge >= 0.3 is 11.9 Å². The molecule has 3 rings (SSSR count). The predicted octanol–water partition coefficient (Wildman–Crippen LogP) is 2.78. The number of rotatable bonds is 2. The standard InChI is InChI=1S/C15H10O5/c16-14(17)10-5-1-3-8-7-9-4-2-6-11(15(18)19)13(9)20-12(8)10/h1-6H,7H2,(H,16,17)(H,18,19). The van der Waals surface area contributed by atoms with Crippen LogP contribution in [0.1, 0.15) is 31.8 Å². The zero-order valence-corrected chi connectivity index (χ0v) is 10.3. The zero-order valence-electron chi connectivity index (χ0n) is 10.3. The number of carbonyl (C=O) groups is 2. The highest BCUT2D eigenvalue weighted by atomic mass is 16.5. The Labute approximate surface area is 114 Å². The third-order valence-corrected chi connectivity index (χ3v) is 3.24. The minimum absolute atomic E-state index is 0.0355. The van der Waals surface area contributed by atoms with Gasteiger partial charge in [0.1, 0.15) is 22.6 Å². The molecular weight excluding hydrogens is 260 g/mol. The Morgan fingerprint density at radius 3 is 1.70 bits per heavy atom. The second-order valence-corrected chi connectivity index (χ2v) is 4.48. The van der Waals surface area contributed by atoms with Gasteiger partial charge in [0.05, 0.1) is 0 Å². The van der Waals surface area contributed by atoms with Crippen LogP contribution in [-0.4, -0.2) is 22.2 Å². The first-order valence-corrected chi connectivity index (χ1v) is 5.96. The summed E-state index contributed by atoms with van der Waals surface area (Å²) in [4.78, 5) is 22.4. The maximum absolute atomic E-state index is 11.2. The van der Waals surface area contributed by atoms with Gasteiger partial charge in [-0.15, -0.1) is 0 Å². The molecule has 1 heterocycles. The number of benzene rings is 2. The third kappa shape index (κ3) is 1.80. The molecule has 0 unspecified atom stereocenters. The average molecular weight is 270 g/mol. The maximum Gasteiger partial charge on any atom is 0.339 e. The first kappa shape index (κ1) is 12.2. The molecule has 0 spiro atoms. The van der Waals surface area contributed by atoms with Crippen LogP contribution in [0, 0.1) is 0 Å². The highest BCUT2D eigenvalue weighted by Gasteiger charge is 2.26. The van der Waals surface area contributed by atoms with Crippen LogP contribution in [0.3, 0.4) is 0 Å². The van der Waals surface area contributed by atoms with Gasteiger partial charge in [-0.3, -0.25) is 0 Å². The van der Waals surface area contributed by atoms with Crippen molar-refractivity contribution in [2.45, 2.75) is 6.42 Å². The minimum Gasteiger partial charge on any atom is -0.478 e. The molecule has 0 saturated carbocycles. The Morgan fingerprint density at radius 2 is 1.30 bits per heavy atom. The molecule has 0 atom stereocenters. The van der Waals surface area contributed by atoms with E-state index in [1.807, 2.05) is 0 Å². The number of carboxylic acids is 2. The largest absolute Gasteiger partial charge is 0.478 e. The molecule has 20 heavy (non-hydrogen) atoms. The summed E-state index contributed by atoms with van der Waals surface area (Å²) >= 11 is 0. The van der Waals surface area contributed by atoms with Crippen molar-refractivity contribution in [3.8, 4) is 11.5 Å². The van der Waals surface area contributed by atoms with Gasteiger partial charge in [-0.05, 0) is 12.1 Å². The van der Waals surface area contributed by atoms with Gasteiger partial charge < -0.3 is 14.9 Å². The molecule has 0 fully saturated rings. The summed E-state index contributed by atoms with van der Waals surface area (Å²) in [5, 5.41) is 18.3. The molecule has 2 aromatic rings. The monoisotopic (exact) mass is 270 g/mol. The van der Waals surface area contributed by atoms with E-state index in [4.69, 9.17) is 4.74 Å². The number of hydrogen-bond acceptors (Lipinski definition) is 3. The number of hydrogen-bond donors (Lipinski definition) is 2. The fraction of sp³-hybridized carbons (Fsp3) is 0.0667. The van der Waals surface area contributed by atoms with Crippen LogP contribution >= 0.6 is 0 Å². The summed E-state index contributed by atoms with van der Waals surface area (Å²) in [5.74, 6) is -1.75. The van der Waals surface area contributed by atoms with Gasteiger partial charge in [0.15, 0.2) is 0 Å². The van der Waals surface area contributed by atoms with Crippen molar-refractivity contribution in [3.63, 3.8) is 0 Å². The molecular formula is C15H10O5. The Kier molecular flexibility index (Phi) is 2.68. The van der Waals surface area contributed by atoms with Crippen LogP contribution in [-0.2, 0) is 6.42 Å². The van der Waals surface area contributed by atoms with E-state index < -0.39 is 11.9 Å². The molecule has 2 aromatic carbocycles. The van der Waals surface area contributed by atoms with Crippen LogP contribution in [0.5, 0.6) is 11.5 Å². The van der Waals surface area contributed by atoms with Crippen molar-refractivity contribution < 1.29 is 24.5 Å². The normalized spacial score (nSPS) is 12.0. The number of carboxylic acid groups (broad SMARTS) is 2. The van der Waals surface area contributed by atoms with Crippen LogP contribution in [0.2, 0.25) is 0 Å². The molecule has 1 aliphatic rings. The zero-order chi connectivity index (χ0) is 14.3. The maximum atomic E-state index is 11.2. The molecule has 0 amide bonds. The van der Waals surface area contributed by atoms with E-state index in [0.29, 0.717) is 6.42 Å². The smallest absolute Gasteiger partial charge is 0.339 e. The summed E-state index contributed by atoms with van der Waals surface area (Å²) in [7, 11) is 0. The molecule has 1 aliphatic heterocycles. The molecule has 5 nitrogen and oxygen atoms in total. The number of fused-ring (bicyclic) bond motifs is 2. The van der Waals surface area contributed by atoms with E-state index in [2.05, 4.69) is 0 Å². The van der Waals surface area contributed by atoms with Crippen molar-refractivity contribution >= 4 is 11.9 Å². The summed E-state index contributed by atoms with van der Waals surface area (Å²) in [6, 6.07) is 9.73. The van der Waals surface area contributed by atoms with Gasteiger partial charge in [0.25, 0.3) is 0 Å². The lowest BCUT2D eigenvalue weighted by Gasteiger charge is -2.22. The molecule has 0 radical (unpaired) electrons. The van der Waals surface area contributed by atoms with Crippen LogP contribution < -0.4 is 4.74 Å². The van der Waals surface area contributed by atoms with E-state index in [0.717, 1.165) is 11.1 Å². The molecule has 0 saturated heterocycles.